The molecule has 1 amide bonds. The number of amides is 1. The summed E-state index contributed by atoms with van der Waals surface area (Å²) in [4.78, 5) is 12.8. The van der Waals surface area contributed by atoms with Gasteiger partial charge >= 0.3 is 0 Å². The van der Waals surface area contributed by atoms with Gasteiger partial charge in [0.05, 0.1) is 18.0 Å². The molecule has 3 rings (SSSR count). The molecule has 0 fully saturated rings. The number of fused-ring (bicyclic) bond motifs is 1. The van der Waals surface area contributed by atoms with E-state index in [0.717, 1.165) is 41.0 Å². The van der Waals surface area contributed by atoms with Crippen LogP contribution in [0.3, 0.4) is 0 Å². The summed E-state index contributed by atoms with van der Waals surface area (Å²) >= 11 is 6.17. The highest BCUT2D eigenvalue weighted by molar-refractivity contribution is 7.92. The number of hydrogen-bond donors (Lipinski definition) is 1. The number of halogens is 1. The van der Waals surface area contributed by atoms with Gasteiger partial charge < -0.3 is 5.32 Å². The molecule has 0 aliphatic heterocycles. The summed E-state index contributed by atoms with van der Waals surface area (Å²) in [6.07, 6.45) is 6.42. The number of nitrogens with one attached hydrogen (secondary N) is 1. The van der Waals surface area contributed by atoms with Crippen LogP contribution in [0.15, 0.2) is 36.4 Å². The third-order valence-electron chi connectivity index (χ3n) is 5.65. The molecule has 1 atom stereocenters. The second kappa shape index (κ2) is 9.40. The molecule has 2 aromatic carbocycles. The average molecular weight is 449 g/mol. The first-order valence-corrected chi connectivity index (χ1v) is 12.6. The van der Waals surface area contributed by atoms with Crippen LogP contribution < -0.4 is 9.62 Å². The lowest BCUT2D eigenvalue weighted by atomic mass is 9.89. The van der Waals surface area contributed by atoms with Gasteiger partial charge in [-0.2, -0.15) is 0 Å². The van der Waals surface area contributed by atoms with Crippen LogP contribution in [0.4, 0.5) is 5.69 Å². The fraction of sp³-hybridized carbons (Fsp3) is 0.435. The Hall–Kier alpha value is -2.05. The summed E-state index contributed by atoms with van der Waals surface area (Å²) in [5.74, 6) is -0.346. The molecule has 5 nitrogen and oxygen atoms in total. The van der Waals surface area contributed by atoms with Crippen molar-refractivity contribution in [2.24, 2.45) is 0 Å². The first-order valence-electron chi connectivity index (χ1n) is 10.3. The number of sulfonamides is 1. The number of benzene rings is 2. The van der Waals surface area contributed by atoms with E-state index in [9.17, 15) is 13.2 Å². The number of carbonyl (C=O) groups excluding carboxylic acids is 1. The Kier molecular flexibility index (Phi) is 7.09. The third kappa shape index (κ3) is 5.35. The standard InChI is InChI=1S/C23H29ClN2O3S/c1-4-22(19-11-10-17-7-5-6-8-18(17)13-19)25-23(27)15-26(30(3,28)29)20-12-9-16(2)21(24)14-20/h9-14,22H,4-8,15H2,1-3H3,(H,25,27). The summed E-state index contributed by atoms with van der Waals surface area (Å²) in [5.41, 5.74) is 5.04. The van der Waals surface area contributed by atoms with E-state index in [1.54, 1.807) is 18.2 Å². The van der Waals surface area contributed by atoms with Gasteiger partial charge in [-0.1, -0.05) is 42.8 Å². The molecule has 7 heteroatoms. The van der Waals surface area contributed by atoms with Crippen molar-refractivity contribution in [1.29, 1.82) is 0 Å². The highest BCUT2D eigenvalue weighted by Crippen LogP contribution is 2.27. The quantitative estimate of drug-likeness (QED) is 0.675. The molecule has 0 bridgehead atoms. The minimum Gasteiger partial charge on any atom is -0.348 e. The molecule has 2 aromatic rings. The summed E-state index contributed by atoms with van der Waals surface area (Å²) in [6.45, 7) is 3.56. The van der Waals surface area contributed by atoms with Gasteiger partial charge in [0.25, 0.3) is 0 Å². The maximum atomic E-state index is 12.8. The van der Waals surface area contributed by atoms with Crippen LogP contribution in [-0.4, -0.2) is 27.1 Å². The van der Waals surface area contributed by atoms with E-state index in [0.29, 0.717) is 10.7 Å². The van der Waals surface area contributed by atoms with Gasteiger partial charge in [-0.05, 0) is 73.4 Å². The van der Waals surface area contributed by atoms with Gasteiger partial charge in [0, 0.05) is 5.02 Å². The lowest BCUT2D eigenvalue weighted by molar-refractivity contribution is -0.120. The van der Waals surface area contributed by atoms with Crippen LogP contribution in [-0.2, 0) is 27.7 Å². The SMILES string of the molecule is CCC(NC(=O)CN(c1ccc(C)c(Cl)c1)S(C)(=O)=O)c1ccc2c(c1)CCCC2. The van der Waals surface area contributed by atoms with Crippen LogP contribution in [0, 0.1) is 6.92 Å². The summed E-state index contributed by atoms with van der Waals surface area (Å²) in [5, 5.41) is 3.47. The molecular weight excluding hydrogens is 420 g/mol. The zero-order valence-electron chi connectivity index (χ0n) is 17.7. The van der Waals surface area contributed by atoms with E-state index in [-0.39, 0.29) is 18.5 Å². The van der Waals surface area contributed by atoms with Gasteiger partial charge in [0.15, 0.2) is 0 Å². The Morgan fingerprint density at radius 3 is 2.47 bits per heavy atom. The van der Waals surface area contributed by atoms with Crippen LogP contribution in [0.1, 0.15) is 54.5 Å². The van der Waals surface area contributed by atoms with Crippen LogP contribution in [0.5, 0.6) is 0 Å². The number of rotatable bonds is 7. The number of anilines is 1. The highest BCUT2D eigenvalue weighted by atomic mass is 35.5. The molecule has 1 unspecified atom stereocenters. The molecule has 0 aromatic heterocycles. The smallest absolute Gasteiger partial charge is 0.241 e. The Labute approximate surface area is 184 Å². The molecule has 1 aliphatic carbocycles. The Morgan fingerprint density at radius 1 is 1.13 bits per heavy atom. The molecule has 30 heavy (non-hydrogen) atoms. The number of hydrogen-bond acceptors (Lipinski definition) is 3. The second-order valence-electron chi connectivity index (χ2n) is 7.97. The molecular formula is C23H29ClN2O3S. The lowest BCUT2D eigenvalue weighted by Gasteiger charge is -2.25. The maximum absolute atomic E-state index is 12.8. The normalized spacial score (nSPS) is 14.7. The van der Waals surface area contributed by atoms with Crippen molar-refractivity contribution in [1.82, 2.24) is 5.32 Å². The van der Waals surface area contributed by atoms with E-state index in [1.165, 1.54) is 24.0 Å². The number of nitrogens with zero attached hydrogens (tertiary/aromatic N) is 1. The molecule has 0 saturated heterocycles. The second-order valence-corrected chi connectivity index (χ2v) is 10.3. The molecule has 1 aliphatic rings. The van der Waals surface area contributed by atoms with Crippen molar-refractivity contribution in [3.05, 3.63) is 63.7 Å². The average Bonchev–Trinajstić information content (AvgIpc) is 2.71. The van der Waals surface area contributed by atoms with E-state index >= 15 is 0 Å². The first kappa shape index (κ1) is 22.6. The minimum absolute atomic E-state index is 0.159. The Morgan fingerprint density at radius 2 is 1.83 bits per heavy atom. The topological polar surface area (TPSA) is 66.5 Å². The minimum atomic E-state index is -3.65. The van der Waals surface area contributed by atoms with Gasteiger partial charge in [0.1, 0.15) is 6.54 Å². The zero-order valence-corrected chi connectivity index (χ0v) is 19.3. The predicted molar refractivity (Wildman–Crippen MR) is 123 cm³/mol. The van der Waals surface area contributed by atoms with E-state index in [2.05, 4.69) is 23.5 Å². The molecule has 1 N–H and O–H groups in total. The van der Waals surface area contributed by atoms with Gasteiger partial charge in [-0.15, -0.1) is 0 Å². The van der Waals surface area contributed by atoms with Crippen molar-refractivity contribution in [3.8, 4) is 0 Å². The monoisotopic (exact) mass is 448 g/mol. The van der Waals surface area contributed by atoms with Crippen molar-refractivity contribution >= 4 is 33.2 Å². The Bertz CT molecular complexity index is 1040. The van der Waals surface area contributed by atoms with Crippen molar-refractivity contribution in [2.75, 3.05) is 17.1 Å². The highest BCUT2D eigenvalue weighted by Gasteiger charge is 2.23. The van der Waals surface area contributed by atoms with Crippen molar-refractivity contribution in [3.63, 3.8) is 0 Å². The largest absolute Gasteiger partial charge is 0.348 e. The summed E-state index contributed by atoms with van der Waals surface area (Å²) in [6, 6.07) is 11.3. The molecule has 0 spiro atoms. The number of aryl methyl sites for hydroxylation is 3. The van der Waals surface area contributed by atoms with E-state index in [1.807, 2.05) is 13.8 Å². The van der Waals surface area contributed by atoms with Crippen molar-refractivity contribution in [2.45, 2.75) is 52.0 Å². The maximum Gasteiger partial charge on any atom is 0.241 e. The molecule has 0 radical (unpaired) electrons. The fourth-order valence-electron chi connectivity index (χ4n) is 3.90. The fourth-order valence-corrected chi connectivity index (χ4v) is 4.92. The summed E-state index contributed by atoms with van der Waals surface area (Å²) < 4.78 is 25.8. The van der Waals surface area contributed by atoms with E-state index < -0.39 is 10.0 Å². The van der Waals surface area contributed by atoms with Gasteiger partial charge in [-0.25, -0.2) is 8.42 Å². The molecule has 0 saturated carbocycles. The van der Waals surface area contributed by atoms with Gasteiger partial charge in [0.2, 0.25) is 15.9 Å². The zero-order chi connectivity index (χ0) is 21.9. The lowest BCUT2D eigenvalue weighted by Crippen LogP contribution is -2.41. The molecule has 0 heterocycles. The van der Waals surface area contributed by atoms with Gasteiger partial charge in [-0.3, -0.25) is 9.10 Å². The summed E-state index contributed by atoms with van der Waals surface area (Å²) in [7, 11) is -3.65. The van der Waals surface area contributed by atoms with Crippen LogP contribution in [0.25, 0.3) is 0 Å². The van der Waals surface area contributed by atoms with E-state index in [4.69, 9.17) is 11.6 Å². The first-order chi connectivity index (χ1) is 14.2. The van der Waals surface area contributed by atoms with Crippen LogP contribution in [0.2, 0.25) is 5.02 Å². The predicted octanol–water partition coefficient (Wildman–Crippen LogP) is 4.56. The Balaban J connectivity index is 1.77. The third-order valence-corrected chi connectivity index (χ3v) is 7.20. The molecule has 162 valence electrons. The van der Waals surface area contributed by atoms with Crippen LogP contribution >= 0.6 is 11.6 Å². The van der Waals surface area contributed by atoms with Crippen molar-refractivity contribution < 1.29 is 13.2 Å². The number of carbonyl (C=O) groups is 1.